The summed E-state index contributed by atoms with van der Waals surface area (Å²) < 4.78 is 0. The monoisotopic (exact) mass is 233 g/mol. The van der Waals surface area contributed by atoms with Gasteiger partial charge in [0.2, 0.25) is 0 Å². The maximum atomic E-state index is 12.2. The molecule has 3 nitrogen and oxygen atoms in total. The number of hydrogen-bond donors (Lipinski definition) is 2. The van der Waals surface area contributed by atoms with Crippen molar-refractivity contribution in [2.75, 3.05) is 7.05 Å². The fourth-order valence-corrected chi connectivity index (χ4v) is 2.56. The van der Waals surface area contributed by atoms with Crippen LogP contribution in [0.25, 0.3) is 0 Å². The Hall–Kier alpha value is -1.19. The largest absolute Gasteiger partial charge is 0.391 e. The minimum Gasteiger partial charge on any atom is -0.391 e. The van der Waals surface area contributed by atoms with Gasteiger partial charge in [0.25, 0.3) is 0 Å². The van der Waals surface area contributed by atoms with Crippen molar-refractivity contribution in [2.24, 2.45) is 5.92 Å². The molecular weight excluding hydrogens is 214 g/mol. The van der Waals surface area contributed by atoms with E-state index in [0.717, 1.165) is 18.4 Å². The number of rotatable bonds is 3. The number of hydrogen-bond acceptors (Lipinski definition) is 3. The van der Waals surface area contributed by atoms with Crippen molar-refractivity contribution in [3.63, 3.8) is 0 Å². The van der Waals surface area contributed by atoms with Gasteiger partial charge in [-0.15, -0.1) is 0 Å². The Labute approximate surface area is 102 Å². The molecule has 2 unspecified atom stereocenters. The predicted octanol–water partition coefficient (Wildman–Crippen LogP) is 1.62. The van der Waals surface area contributed by atoms with Gasteiger partial charge in [-0.05, 0) is 26.3 Å². The molecule has 0 amide bonds. The molecule has 17 heavy (non-hydrogen) atoms. The van der Waals surface area contributed by atoms with E-state index < -0.39 is 6.10 Å². The smallest absolute Gasteiger partial charge is 0.166 e. The Morgan fingerprint density at radius 2 is 2.00 bits per heavy atom. The summed E-state index contributed by atoms with van der Waals surface area (Å²) in [5, 5.41) is 13.0. The van der Waals surface area contributed by atoms with E-state index in [0.29, 0.717) is 6.42 Å². The molecule has 0 saturated heterocycles. The first kappa shape index (κ1) is 12.3. The minimum absolute atomic E-state index is 0.0306. The summed E-state index contributed by atoms with van der Waals surface area (Å²) in [5.74, 6) is 0.135. The third-order valence-electron chi connectivity index (χ3n) is 3.62. The highest BCUT2D eigenvalue weighted by Gasteiger charge is 2.32. The minimum atomic E-state index is -0.411. The van der Waals surface area contributed by atoms with Crippen molar-refractivity contribution in [3.05, 3.63) is 35.9 Å². The molecular formula is C14H19NO2. The van der Waals surface area contributed by atoms with Gasteiger partial charge in [-0.3, -0.25) is 4.79 Å². The fraction of sp³-hybridized carbons (Fsp3) is 0.500. The zero-order valence-corrected chi connectivity index (χ0v) is 10.1. The maximum Gasteiger partial charge on any atom is 0.166 e. The lowest BCUT2D eigenvalue weighted by Gasteiger charge is -2.32. The number of nitrogens with one attached hydrogen (secondary N) is 1. The molecule has 1 saturated carbocycles. The number of aliphatic hydroxyl groups excluding tert-OH is 1. The zero-order chi connectivity index (χ0) is 12.3. The first-order valence-corrected chi connectivity index (χ1v) is 6.17. The van der Waals surface area contributed by atoms with Crippen molar-refractivity contribution in [1.82, 2.24) is 5.32 Å². The van der Waals surface area contributed by atoms with Crippen LogP contribution in [0.15, 0.2) is 30.3 Å². The normalized spacial score (nSPS) is 28.9. The molecule has 1 aliphatic carbocycles. The van der Waals surface area contributed by atoms with E-state index in [1.165, 1.54) is 0 Å². The third kappa shape index (κ3) is 2.73. The van der Waals surface area contributed by atoms with Crippen molar-refractivity contribution < 1.29 is 9.90 Å². The van der Waals surface area contributed by atoms with Crippen LogP contribution < -0.4 is 5.32 Å². The van der Waals surface area contributed by atoms with E-state index in [1.54, 1.807) is 0 Å². The van der Waals surface area contributed by atoms with Crippen LogP contribution in [-0.4, -0.2) is 30.1 Å². The lowest BCUT2D eigenvalue weighted by molar-refractivity contribution is 0.0564. The topological polar surface area (TPSA) is 49.3 Å². The van der Waals surface area contributed by atoms with E-state index in [1.807, 2.05) is 37.4 Å². The summed E-state index contributed by atoms with van der Waals surface area (Å²) in [4.78, 5) is 12.2. The van der Waals surface area contributed by atoms with Gasteiger partial charge in [0.15, 0.2) is 5.78 Å². The maximum absolute atomic E-state index is 12.2. The van der Waals surface area contributed by atoms with Crippen LogP contribution in [0, 0.1) is 5.92 Å². The van der Waals surface area contributed by atoms with Crippen LogP contribution >= 0.6 is 0 Å². The van der Waals surface area contributed by atoms with Crippen molar-refractivity contribution in [1.29, 1.82) is 0 Å². The zero-order valence-electron chi connectivity index (χ0n) is 10.1. The Morgan fingerprint density at radius 3 is 2.59 bits per heavy atom. The summed E-state index contributed by atoms with van der Waals surface area (Å²) in [6.07, 6.45) is 1.88. The molecule has 0 radical (unpaired) electrons. The van der Waals surface area contributed by atoms with E-state index in [2.05, 4.69) is 5.32 Å². The van der Waals surface area contributed by atoms with E-state index >= 15 is 0 Å². The Balaban J connectivity index is 2.03. The molecule has 0 bridgehead atoms. The average molecular weight is 233 g/mol. The third-order valence-corrected chi connectivity index (χ3v) is 3.62. The van der Waals surface area contributed by atoms with Crippen molar-refractivity contribution in [2.45, 2.75) is 31.4 Å². The number of Topliss-reactive ketones (excluding diaryl/α,β-unsaturated/α-hetero) is 1. The lowest BCUT2D eigenvalue weighted by atomic mass is 9.80. The second-order valence-electron chi connectivity index (χ2n) is 4.70. The number of likely N-dealkylation sites (N-methyl/N-ethyl adjacent to an activating group) is 1. The number of benzene rings is 1. The molecule has 0 aliphatic heterocycles. The standard InChI is InChI=1S/C14H19NO2/c1-15-12-8-7-11(9-13(12)16)14(17)10-5-3-2-4-6-10/h2-6,11-13,15-16H,7-9H2,1H3/t11-,12?,13?/m0/s1. The van der Waals surface area contributed by atoms with Gasteiger partial charge in [-0.1, -0.05) is 30.3 Å². The van der Waals surface area contributed by atoms with Crippen molar-refractivity contribution in [3.8, 4) is 0 Å². The second-order valence-corrected chi connectivity index (χ2v) is 4.70. The lowest BCUT2D eigenvalue weighted by Crippen LogP contribution is -2.43. The van der Waals surface area contributed by atoms with Crippen molar-refractivity contribution >= 4 is 5.78 Å². The molecule has 1 aromatic carbocycles. The summed E-state index contributed by atoms with van der Waals surface area (Å²) in [6.45, 7) is 0. The van der Waals surface area contributed by atoms with Gasteiger partial charge in [0.1, 0.15) is 0 Å². The molecule has 1 fully saturated rings. The molecule has 0 aromatic heterocycles. The van der Waals surface area contributed by atoms with Crippen LogP contribution in [-0.2, 0) is 0 Å². The molecule has 0 spiro atoms. The SMILES string of the molecule is CNC1CC[C@H](C(=O)c2ccccc2)CC1O. The first-order chi connectivity index (χ1) is 8.22. The molecule has 3 atom stereocenters. The number of ketones is 1. The molecule has 1 aliphatic rings. The van der Waals surface area contributed by atoms with Gasteiger partial charge in [-0.2, -0.15) is 0 Å². The Kier molecular flexibility index (Phi) is 3.92. The Bertz CT molecular complexity index is 377. The van der Waals surface area contributed by atoms with Gasteiger partial charge in [-0.25, -0.2) is 0 Å². The highest BCUT2D eigenvalue weighted by Crippen LogP contribution is 2.27. The first-order valence-electron chi connectivity index (χ1n) is 6.17. The second kappa shape index (κ2) is 5.43. The van der Waals surface area contributed by atoms with Gasteiger partial charge >= 0.3 is 0 Å². The quantitative estimate of drug-likeness (QED) is 0.780. The molecule has 0 heterocycles. The van der Waals surface area contributed by atoms with Gasteiger partial charge < -0.3 is 10.4 Å². The van der Waals surface area contributed by atoms with Crippen LogP contribution in [0.3, 0.4) is 0 Å². The van der Waals surface area contributed by atoms with E-state index in [4.69, 9.17) is 0 Å². The summed E-state index contributed by atoms with van der Waals surface area (Å²) in [5.41, 5.74) is 0.757. The fourth-order valence-electron chi connectivity index (χ4n) is 2.56. The number of carbonyl (C=O) groups is 1. The molecule has 2 N–H and O–H groups in total. The summed E-state index contributed by atoms with van der Waals surface area (Å²) in [6, 6.07) is 9.49. The number of carbonyl (C=O) groups excluding carboxylic acids is 1. The molecule has 1 aromatic rings. The van der Waals surface area contributed by atoms with Crippen LogP contribution in [0.4, 0.5) is 0 Å². The predicted molar refractivity (Wildman–Crippen MR) is 67.0 cm³/mol. The molecule has 3 heteroatoms. The van der Waals surface area contributed by atoms with Crippen LogP contribution in [0.5, 0.6) is 0 Å². The van der Waals surface area contributed by atoms with Gasteiger partial charge in [0.05, 0.1) is 6.10 Å². The van der Waals surface area contributed by atoms with Crippen LogP contribution in [0.2, 0.25) is 0 Å². The summed E-state index contributed by atoms with van der Waals surface area (Å²) in [7, 11) is 1.85. The van der Waals surface area contributed by atoms with E-state index in [-0.39, 0.29) is 17.7 Å². The van der Waals surface area contributed by atoms with Gasteiger partial charge in [0, 0.05) is 17.5 Å². The molecule has 92 valence electrons. The average Bonchev–Trinajstić information content (AvgIpc) is 2.39. The highest BCUT2D eigenvalue weighted by atomic mass is 16.3. The van der Waals surface area contributed by atoms with Crippen LogP contribution in [0.1, 0.15) is 29.6 Å². The summed E-state index contributed by atoms with van der Waals surface area (Å²) >= 11 is 0. The highest BCUT2D eigenvalue weighted by molar-refractivity contribution is 5.97. The van der Waals surface area contributed by atoms with E-state index in [9.17, 15) is 9.90 Å². The number of aliphatic hydroxyl groups is 1. The molecule has 2 rings (SSSR count). The Morgan fingerprint density at radius 1 is 1.29 bits per heavy atom.